The largest absolute Gasteiger partial charge is 0.297 e. The summed E-state index contributed by atoms with van der Waals surface area (Å²) in [5, 5.41) is 0. The van der Waals surface area contributed by atoms with Gasteiger partial charge in [0.25, 0.3) is 12.3 Å². The van der Waals surface area contributed by atoms with Gasteiger partial charge in [0, 0.05) is 22.9 Å². The SMILES string of the molecule is Cc1cc(C2=NC(C)(C)C(F)(F)c3ccccc32)cnc1C(F)F. The Morgan fingerprint density at radius 2 is 1.75 bits per heavy atom. The second-order valence-corrected chi connectivity index (χ2v) is 6.37. The molecule has 1 aliphatic rings. The number of aliphatic imine (C=N–C) groups is 1. The summed E-state index contributed by atoms with van der Waals surface area (Å²) in [5.74, 6) is -3.13. The number of aromatic nitrogens is 1. The fourth-order valence-corrected chi connectivity index (χ4v) is 2.87. The summed E-state index contributed by atoms with van der Waals surface area (Å²) in [4.78, 5) is 8.02. The first kappa shape index (κ1) is 16.6. The average Bonchev–Trinajstić information content (AvgIpc) is 2.51. The fraction of sp³-hybridized carbons (Fsp3) is 0.333. The number of halogens is 4. The van der Waals surface area contributed by atoms with Crippen LogP contribution in [-0.2, 0) is 5.92 Å². The van der Waals surface area contributed by atoms with E-state index in [1.54, 1.807) is 18.2 Å². The monoisotopic (exact) mass is 336 g/mol. The summed E-state index contributed by atoms with van der Waals surface area (Å²) in [6.07, 6.45) is -1.41. The molecule has 1 aliphatic heterocycles. The molecule has 0 aliphatic carbocycles. The number of hydrogen-bond acceptors (Lipinski definition) is 2. The molecule has 2 aromatic rings. The van der Waals surface area contributed by atoms with Crippen LogP contribution in [0.25, 0.3) is 0 Å². The Morgan fingerprint density at radius 1 is 1.08 bits per heavy atom. The van der Waals surface area contributed by atoms with Crippen molar-refractivity contribution in [3.63, 3.8) is 0 Å². The van der Waals surface area contributed by atoms with Crippen LogP contribution in [0.3, 0.4) is 0 Å². The third kappa shape index (κ3) is 2.41. The molecule has 1 aromatic carbocycles. The van der Waals surface area contributed by atoms with Crippen LogP contribution in [0.4, 0.5) is 17.6 Å². The predicted octanol–water partition coefficient (Wildman–Crippen LogP) is 5.05. The maximum Gasteiger partial charge on any atom is 0.297 e. The summed E-state index contributed by atoms with van der Waals surface area (Å²) in [6, 6.07) is 7.66. The van der Waals surface area contributed by atoms with E-state index in [-0.39, 0.29) is 11.3 Å². The van der Waals surface area contributed by atoms with Gasteiger partial charge in [0.05, 0.1) is 5.71 Å². The lowest BCUT2D eigenvalue weighted by Crippen LogP contribution is -2.44. The molecule has 1 aromatic heterocycles. The lowest BCUT2D eigenvalue weighted by atomic mass is 9.81. The number of aryl methyl sites for hydroxylation is 1. The van der Waals surface area contributed by atoms with E-state index in [2.05, 4.69) is 9.98 Å². The molecule has 6 heteroatoms. The maximum atomic E-state index is 14.7. The second kappa shape index (κ2) is 5.40. The third-order valence-electron chi connectivity index (χ3n) is 4.28. The molecule has 0 N–H and O–H groups in total. The van der Waals surface area contributed by atoms with E-state index in [0.29, 0.717) is 22.4 Å². The summed E-state index contributed by atoms with van der Waals surface area (Å²) in [7, 11) is 0. The molecule has 0 unspecified atom stereocenters. The molecular formula is C18H16F4N2. The summed E-state index contributed by atoms with van der Waals surface area (Å²) in [5.41, 5.74) is -0.675. The Morgan fingerprint density at radius 3 is 2.38 bits per heavy atom. The molecular weight excluding hydrogens is 320 g/mol. The van der Waals surface area contributed by atoms with Gasteiger partial charge in [0.2, 0.25) is 0 Å². The minimum atomic E-state index is -3.13. The summed E-state index contributed by atoms with van der Waals surface area (Å²) >= 11 is 0. The second-order valence-electron chi connectivity index (χ2n) is 6.37. The number of fused-ring (bicyclic) bond motifs is 1. The lowest BCUT2D eigenvalue weighted by molar-refractivity contribution is -0.0681. The lowest BCUT2D eigenvalue weighted by Gasteiger charge is -2.37. The fourth-order valence-electron chi connectivity index (χ4n) is 2.87. The Bertz CT molecular complexity index is 826. The van der Waals surface area contributed by atoms with Crippen molar-refractivity contribution in [2.75, 3.05) is 0 Å². The van der Waals surface area contributed by atoms with Crippen LogP contribution >= 0.6 is 0 Å². The molecule has 0 fully saturated rings. The minimum Gasteiger partial charge on any atom is -0.271 e. The van der Waals surface area contributed by atoms with Crippen LogP contribution in [-0.4, -0.2) is 16.2 Å². The van der Waals surface area contributed by atoms with Crippen LogP contribution in [0, 0.1) is 6.92 Å². The first-order chi connectivity index (χ1) is 11.1. The zero-order valence-corrected chi connectivity index (χ0v) is 13.4. The van der Waals surface area contributed by atoms with E-state index >= 15 is 0 Å². The van der Waals surface area contributed by atoms with Gasteiger partial charge >= 0.3 is 0 Å². The van der Waals surface area contributed by atoms with Crippen LogP contribution in [0.2, 0.25) is 0 Å². The topological polar surface area (TPSA) is 25.2 Å². The van der Waals surface area contributed by atoms with Gasteiger partial charge < -0.3 is 0 Å². The van der Waals surface area contributed by atoms with Crippen LogP contribution in [0.5, 0.6) is 0 Å². The van der Waals surface area contributed by atoms with Gasteiger partial charge in [0.1, 0.15) is 11.2 Å². The van der Waals surface area contributed by atoms with Gasteiger partial charge in [0.15, 0.2) is 0 Å². The molecule has 2 nitrogen and oxygen atoms in total. The Kier molecular flexibility index (Phi) is 3.73. The molecule has 24 heavy (non-hydrogen) atoms. The van der Waals surface area contributed by atoms with Gasteiger partial charge in [-0.25, -0.2) is 8.78 Å². The quantitative estimate of drug-likeness (QED) is 0.705. The smallest absolute Gasteiger partial charge is 0.271 e. The zero-order chi connectivity index (χ0) is 17.7. The third-order valence-corrected chi connectivity index (χ3v) is 4.28. The molecule has 0 saturated heterocycles. The van der Waals surface area contributed by atoms with Crippen molar-refractivity contribution in [2.24, 2.45) is 4.99 Å². The highest BCUT2D eigenvalue weighted by molar-refractivity contribution is 6.14. The Labute approximate surface area is 137 Å². The van der Waals surface area contributed by atoms with Crippen LogP contribution < -0.4 is 0 Å². The number of pyridine rings is 1. The standard InChI is InChI=1S/C18H16F4N2/c1-10-8-11(9-23-14(10)16(19)20)15-12-6-4-5-7-13(12)18(21,22)17(2,3)24-15/h4-9,16H,1-3H3. The normalized spacial score (nSPS) is 18.2. The molecule has 0 spiro atoms. The van der Waals surface area contributed by atoms with Crippen LogP contribution in [0.15, 0.2) is 41.5 Å². The molecule has 2 heterocycles. The first-order valence-corrected chi connectivity index (χ1v) is 7.48. The molecule has 0 amide bonds. The van der Waals surface area contributed by atoms with Gasteiger partial charge in [-0.1, -0.05) is 24.3 Å². The molecule has 0 saturated carbocycles. The number of hydrogen-bond donors (Lipinski definition) is 0. The van der Waals surface area contributed by atoms with Crippen molar-refractivity contribution in [3.8, 4) is 0 Å². The number of alkyl halides is 4. The average molecular weight is 336 g/mol. The van der Waals surface area contributed by atoms with E-state index in [9.17, 15) is 17.6 Å². The Balaban J connectivity index is 2.21. The summed E-state index contributed by atoms with van der Waals surface area (Å²) in [6.45, 7) is 4.24. The van der Waals surface area contributed by atoms with Crippen molar-refractivity contribution in [1.82, 2.24) is 4.98 Å². The van der Waals surface area contributed by atoms with Crippen molar-refractivity contribution in [1.29, 1.82) is 0 Å². The highest BCUT2D eigenvalue weighted by Gasteiger charge is 2.52. The molecule has 126 valence electrons. The Hall–Kier alpha value is -2.24. The van der Waals surface area contributed by atoms with Gasteiger partial charge in [-0.05, 0) is 32.4 Å². The van der Waals surface area contributed by atoms with E-state index in [1.807, 2.05) is 0 Å². The van der Waals surface area contributed by atoms with Crippen molar-refractivity contribution < 1.29 is 17.6 Å². The van der Waals surface area contributed by atoms with E-state index in [4.69, 9.17) is 0 Å². The minimum absolute atomic E-state index is 0.115. The van der Waals surface area contributed by atoms with Gasteiger partial charge in [-0.15, -0.1) is 0 Å². The van der Waals surface area contributed by atoms with Gasteiger partial charge in [-0.3, -0.25) is 9.98 Å². The number of nitrogens with zero attached hydrogens (tertiary/aromatic N) is 2. The highest BCUT2D eigenvalue weighted by Crippen LogP contribution is 2.46. The molecule has 3 rings (SSSR count). The maximum absolute atomic E-state index is 14.7. The molecule has 0 bridgehead atoms. The number of rotatable bonds is 2. The molecule has 0 radical (unpaired) electrons. The summed E-state index contributed by atoms with van der Waals surface area (Å²) < 4.78 is 55.1. The predicted molar refractivity (Wildman–Crippen MR) is 84.0 cm³/mol. The van der Waals surface area contributed by atoms with E-state index in [0.717, 1.165) is 0 Å². The zero-order valence-electron chi connectivity index (χ0n) is 13.4. The molecule has 0 atom stereocenters. The van der Waals surface area contributed by atoms with Gasteiger partial charge in [-0.2, -0.15) is 8.78 Å². The van der Waals surface area contributed by atoms with Crippen molar-refractivity contribution >= 4 is 5.71 Å². The van der Waals surface area contributed by atoms with E-state index < -0.39 is 17.9 Å². The van der Waals surface area contributed by atoms with Crippen molar-refractivity contribution in [2.45, 2.75) is 38.7 Å². The van der Waals surface area contributed by atoms with Crippen LogP contribution in [0.1, 0.15) is 48.2 Å². The number of benzene rings is 1. The first-order valence-electron chi connectivity index (χ1n) is 7.48. The van der Waals surface area contributed by atoms with E-state index in [1.165, 1.54) is 39.1 Å². The highest BCUT2D eigenvalue weighted by atomic mass is 19.3. The van der Waals surface area contributed by atoms with Crippen molar-refractivity contribution in [3.05, 3.63) is 64.5 Å².